The topological polar surface area (TPSA) is 38.8 Å². The van der Waals surface area contributed by atoms with E-state index in [1.54, 1.807) is 0 Å². The van der Waals surface area contributed by atoms with Crippen LogP contribution < -0.4 is 10.4 Å². The van der Waals surface area contributed by atoms with Gasteiger partial charge in [-0.1, -0.05) is 81.4 Å². The van der Waals surface area contributed by atoms with Gasteiger partial charge in [-0.15, -0.1) is 0 Å². The second kappa shape index (κ2) is 9.80. The molecule has 0 radical (unpaired) electrons. The highest BCUT2D eigenvalue weighted by Crippen LogP contribution is 2.37. The summed E-state index contributed by atoms with van der Waals surface area (Å²) in [6, 6.07) is 21.4. The summed E-state index contributed by atoms with van der Waals surface area (Å²) in [4.78, 5) is 14.8. The maximum Gasteiger partial charge on any atom is 0.410 e. The van der Waals surface area contributed by atoms with E-state index in [-0.39, 0.29) is 17.2 Å². The van der Waals surface area contributed by atoms with Crippen molar-refractivity contribution in [1.82, 2.24) is 4.90 Å². The number of amides is 1. The highest BCUT2D eigenvalue weighted by Gasteiger charge is 2.50. The van der Waals surface area contributed by atoms with Crippen molar-refractivity contribution in [1.29, 1.82) is 0 Å². The fourth-order valence-corrected chi connectivity index (χ4v) is 9.32. The summed E-state index contributed by atoms with van der Waals surface area (Å²) in [7, 11) is -2.62. The van der Waals surface area contributed by atoms with Gasteiger partial charge in [-0.25, -0.2) is 4.79 Å². The molecule has 0 unspecified atom stereocenters. The summed E-state index contributed by atoms with van der Waals surface area (Å²) in [5.74, 6) is 0. The van der Waals surface area contributed by atoms with Gasteiger partial charge in [0.1, 0.15) is 5.60 Å². The van der Waals surface area contributed by atoms with E-state index in [0.29, 0.717) is 6.61 Å². The molecule has 0 aliphatic carbocycles. The Morgan fingerprint density at radius 2 is 1.44 bits per heavy atom. The molecule has 1 saturated heterocycles. The Morgan fingerprint density at radius 3 is 1.91 bits per heavy atom. The fraction of sp³-hybridized carbons (Fsp3) is 0.519. The van der Waals surface area contributed by atoms with Crippen LogP contribution in [0.25, 0.3) is 0 Å². The third-order valence-corrected chi connectivity index (χ3v) is 11.2. The van der Waals surface area contributed by atoms with E-state index >= 15 is 0 Å². The number of piperidine rings is 1. The Morgan fingerprint density at radius 1 is 0.906 bits per heavy atom. The van der Waals surface area contributed by atoms with Gasteiger partial charge in [0.15, 0.2) is 0 Å². The number of carbonyl (C=O) groups is 1. The smallest absolute Gasteiger partial charge is 0.410 e. The number of rotatable bonds is 5. The average Bonchev–Trinajstić information content (AvgIpc) is 2.74. The SMILES string of the molecule is CC(C)(C)OC(=O)N1CCCC[C@@H]1CO[Si](c1ccccc1)(c1ccccc1)C(C)(C)C. The van der Waals surface area contributed by atoms with Crippen molar-refractivity contribution in [2.75, 3.05) is 13.2 Å². The van der Waals surface area contributed by atoms with Crippen LogP contribution >= 0.6 is 0 Å². The van der Waals surface area contributed by atoms with E-state index in [4.69, 9.17) is 9.16 Å². The molecule has 0 bridgehead atoms. The summed E-state index contributed by atoms with van der Waals surface area (Å²) < 4.78 is 12.8. The molecule has 2 aromatic rings. The minimum absolute atomic E-state index is 0.0280. The summed E-state index contributed by atoms with van der Waals surface area (Å²) in [5.41, 5.74) is -0.502. The molecule has 1 atom stereocenters. The predicted octanol–water partition coefficient (Wildman–Crippen LogP) is 5.35. The second-order valence-corrected chi connectivity index (χ2v) is 15.1. The van der Waals surface area contributed by atoms with E-state index < -0.39 is 13.9 Å². The van der Waals surface area contributed by atoms with E-state index in [1.165, 1.54) is 10.4 Å². The van der Waals surface area contributed by atoms with Crippen molar-refractivity contribution in [3.8, 4) is 0 Å². The van der Waals surface area contributed by atoms with Crippen molar-refractivity contribution in [2.24, 2.45) is 0 Å². The zero-order valence-electron chi connectivity index (χ0n) is 20.6. The number of nitrogens with zero attached hydrogens (tertiary/aromatic N) is 1. The monoisotopic (exact) mass is 453 g/mol. The Kier molecular flexibility index (Phi) is 7.51. The molecule has 1 fully saturated rings. The maximum atomic E-state index is 12.9. The van der Waals surface area contributed by atoms with Crippen LogP contribution in [0.4, 0.5) is 4.79 Å². The van der Waals surface area contributed by atoms with Crippen LogP contribution in [0.15, 0.2) is 60.7 Å². The van der Waals surface area contributed by atoms with Crippen LogP contribution in [0.2, 0.25) is 5.04 Å². The van der Waals surface area contributed by atoms with Gasteiger partial charge < -0.3 is 14.1 Å². The van der Waals surface area contributed by atoms with Gasteiger partial charge in [-0.3, -0.25) is 0 Å². The van der Waals surface area contributed by atoms with Crippen LogP contribution in [0.3, 0.4) is 0 Å². The summed E-state index contributed by atoms with van der Waals surface area (Å²) in [6.07, 6.45) is 2.83. The first-order valence-corrected chi connectivity index (χ1v) is 13.7. The molecule has 2 aromatic carbocycles. The van der Waals surface area contributed by atoms with Crippen LogP contribution in [0, 0.1) is 0 Å². The Balaban J connectivity index is 1.96. The molecule has 1 aliphatic rings. The van der Waals surface area contributed by atoms with Crippen molar-refractivity contribution in [2.45, 2.75) is 77.5 Å². The van der Waals surface area contributed by atoms with Crippen LogP contribution in [0.1, 0.15) is 60.8 Å². The van der Waals surface area contributed by atoms with Crippen molar-refractivity contribution in [3.63, 3.8) is 0 Å². The molecule has 0 saturated carbocycles. The first kappa shape index (κ1) is 24.5. The summed E-state index contributed by atoms with van der Waals surface area (Å²) in [6.45, 7) is 13.9. The second-order valence-electron chi connectivity index (χ2n) is 10.8. The predicted molar refractivity (Wildman–Crippen MR) is 134 cm³/mol. The van der Waals surface area contributed by atoms with Gasteiger partial charge in [0.25, 0.3) is 8.32 Å². The number of benzene rings is 2. The Bertz CT molecular complexity index is 832. The van der Waals surface area contributed by atoms with E-state index in [1.807, 2.05) is 25.7 Å². The van der Waals surface area contributed by atoms with Crippen LogP contribution in [0.5, 0.6) is 0 Å². The number of hydrogen-bond donors (Lipinski definition) is 0. The molecule has 174 valence electrons. The van der Waals surface area contributed by atoms with Crippen molar-refractivity contribution >= 4 is 24.8 Å². The highest BCUT2D eigenvalue weighted by molar-refractivity contribution is 6.99. The lowest BCUT2D eigenvalue weighted by Gasteiger charge is -2.45. The molecule has 32 heavy (non-hydrogen) atoms. The van der Waals surface area contributed by atoms with Crippen LogP contribution in [-0.4, -0.2) is 44.1 Å². The first-order valence-electron chi connectivity index (χ1n) is 11.8. The molecular weight excluding hydrogens is 414 g/mol. The summed E-state index contributed by atoms with van der Waals surface area (Å²) >= 11 is 0. The number of ether oxygens (including phenoxy) is 1. The average molecular weight is 454 g/mol. The lowest BCUT2D eigenvalue weighted by Crippen LogP contribution is -2.67. The fourth-order valence-electron chi connectivity index (χ4n) is 4.72. The first-order chi connectivity index (χ1) is 15.0. The van der Waals surface area contributed by atoms with Gasteiger partial charge in [-0.2, -0.15) is 0 Å². The van der Waals surface area contributed by atoms with Gasteiger partial charge in [0.2, 0.25) is 0 Å². The molecule has 1 amide bonds. The van der Waals surface area contributed by atoms with Gasteiger partial charge >= 0.3 is 6.09 Å². The Labute approximate surface area is 195 Å². The van der Waals surface area contributed by atoms with Crippen molar-refractivity contribution < 1.29 is 14.0 Å². The minimum Gasteiger partial charge on any atom is -0.444 e. The molecule has 4 nitrogen and oxygen atoms in total. The third kappa shape index (κ3) is 5.44. The maximum absolute atomic E-state index is 12.9. The molecule has 5 heteroatoms. The highest BCUT2D eigenvalue weighted by atomic mass is 28.4. The van der Waals surface area contributed by atoms with E-state index in [9.17, 15) is 4.79 Å². The lowest BCUT2D eigenvalue weighted by molar-refractivity contribution is 0.00300. The Hall–Kier alpha value is -2.11. The number of hydrogen-bond acceptors (Lipinski definition) is 3. The molecule has 3 rings (SSSR count). The standard InChI is InChI=1S/C27H39NO3Si/c1-26(2,3)31-25(29)28-20-14-13-15-22(28)21-30-32(27(4,5)6,23-16-9-7-10-17-23)24-18-11-8-12-19-24/h7-12,16-19,22H,13-15,20-21H2,1-6H3/t22-/m1/s1. The molecule has 0 N–H and O–H groups in total. The molecule has 0 aromatic heterocycles. The van der Waals surface area contributed by atoms with Gasteiger partial charge in [-0.05, 0) is 55.4 Å². The zero-order chi connectivity index (χ0) is 23.4. The van der Waals surface area contributed by atoms with Gasteiger partial charge in [0.05, 0.1) is 12.6 Å². The van der Waals surface area contributed by atoms with E-state index in [2.05, 4.69) is 81.4 Å². The molecule has 1 aliphatic heterocycles. The minimum atomic E-state index is -2.62. The molecule has 0 spiro atoms. The molecular formula is C27H39NO3Si. The van der Waals surface area contributed by atoms with Crippen LogP contribution in [-0.2, 0) is 9.16 Å². The summed E-state index contributed by atoms with van der Waals surface area (Å²) in [5, 5.41) is 2.44. The third-order valence-electron chi connectivity index (χ3n) is 6.16. The quantitative estimate of drug-likeness (QED) is 0.573. The molecule has 1 heterocycles. The largest absolute Gasteiger partial charge is 0.444 e. The number of carbonyl (C=O) groups excluding carboxylic acids is 1. The normalized spacial score (nSPS) is 17.8. The van der Waals surface area contributed by atoms with Crippen molar-refractivity contribution in [3.05, 3.63) is 60.7 Å². The lowest BCUT2D eigenvalue weighted by atomic mass is 10.0. The van der Waals surface area contributed by atoms with Gasteiger partial charge in [0, 0.05) is 6.54 Å². The zero-order valence-corrected chi connectivity index (χ0v) is 21.6. The number of likely N-dealkylation sites (tertiary alicyclic amines) is 1. The van der Waals surface area contributed by atoms with E-state index in [0.717, 1.165) is 25.8 Å².